The van der Waals surface area contributed by atoms with Crippen LogP contribution in [0.2, 0.25) is 0 Å². The summed E-state index contributed by atoms with van der Waals surface area (Å²) < 4.78 is 0. The number of imide groups is 1. The first-order chi connectivity index (χ1) is 9.22. The van der Waals surface area contributed by atoms with Crippen molar-refractivity contribution in [1.82, 2.24) is 15.1 Å². The van der Waals surface area contributed by atoms with Crippen LogP contribution in [0.25, 0.3) is 0 Å². The molecule has 2 aliphatic rings. The van der Waals surface area contributed by atoms with Crippen molar-refractivity contribution in [1.29, 1.82) is 0 Å². The van der Waals surface area contributed by atoms with Crippen molar-refractivity contribution in [3.05, 3.63) is 0 Å². The minimum Gasteiger partial charge on any atom is -0.304 e. The van der Waals surface area contributed by atoms with Gasteiger partial charge in [-0.3, -0.25) is 14.5 Å². The van der Waals surface area contributed by atoms with Crippen molar-refractivity contribution in [2.24, 2.45) is 0 Å². The third-order valence-corrected chi connectivity index (χ3v) is 4.56. The van der Waals surface area contributed by atoms with Gasteiger partial charge in [0.1, 0.15) is 0 Å². The van der Waals surface area contributed by atoms with E-state index in [2.05, 4.69) is 10.2 Å². The molecule has 2 saturated heterocycles. The summed E-state index contributed by atoms with van der Waals surface area (Å²) in [6, 6.07) is -0.293. The van der Waals surface area contributed by atoms with Crippen molar-refractivity contribution < 1.29 is 9.59 Å². The molecule has 6 heteroatoms. The molecule has 0 bridgehead atoms. The SMILES string of the molecule is CCCN1C(=O)CC(NCCN2CCSCC2)C1=O. The molecule has 0 spiro atoms. The lowest BCUT2D eigenvalue weighted by molar-refractivity contribution is -0.138. The quantitative estimate of drug-likeness (QED) is 0.705. The van der Waals surface area contributed by atoms with E-state index in [-0.39, 0.29) is 17.9 Å². The van der Waals surface area contributed by atoms with Crippen LogP contribution in [0.3, 0.4) is 0 Å². The lowest BCUT2D eigenvalue weighted by Crippen LogP contribution is -2.43. The van der Waals surface area contributed by atoms with Gasteiger partial charge in [-0.2, -0.15) is 11.8 Å². The molecular formula is C13H23N3O2S. The highest BCUT2D eigenvalue weighted by Gasteiger charge is 2.37. The lowest BCUT2D eigenvalue weighted by atomic mass is 10.2. The zero-order valence-corrected chi connectivity index (χ0v) is 12.4. The maximum atomic E-state index is 12.0. The van der Waals surface area contributed by atoms with E-state index in [1.54, 1.807) is 0 Å². The van der Waals surface area contributed by atoms with Crippen molar-refractivity contribution in [3.63, 3.8) is 0 Å². The number of carbonyl (C=O) groups is 2. The van der Waals surface area contributed by atoms with E-state index < -0.39 is 0 Å². The Hall–Kier alpha value is -0.590. The lowest BCUT2D eigenvalue weighted by Gasteiger charge is -2.26. The van der Waals surface area contributed by atoms with Gasteiger partial charge in [-0.15, -0.1) is 0 Å². The molecule has 2 fully saturated rings. The highest BCUT2D eigenvalue weighted by Crippen LogP contribution is 2.13. The third kappa shape index (κ3) is 3.94. The summed E-state index contributed by atoms with van der Waals surface area (Å²) in [5.74, 6) is 2.33. The van der Waals surface area contributed by atoms with Crippen LogP contribution in [0.4, 0.5) is 0 Å². The van der Waals surface area contributed by atoms with Gasteiger partial charge in [-0.1, -0.05) is 6.92 Å². The Bertz CT molecular complexity index is 332. The van der Waals surface area contributed by atoms with E-state index in [1.165, 1.54) is 16.4 Å². The second-order valence-electron chi connectivity index (χ2n) is 5.05. The first kappa shape index (κ1) is 14.8. The fourth-order valence-corrected chi connectivity index (χ4v) is 3.50. The molecule has 2 aliphatic heterocycles. The third-order valence-electron chi connectivity index (χ3n) is 3.61. The Kier molecular flexibility index (Phi) is 5.66. The summed E-state index contributed by atoms with van der Waals surface area (Å²) in [5.41, 5.74) is 0. The molecule has 1 atom stereocenters. The summed E-state index contributed by atoms with van der Waals surface area (Å²) in [4.78, 5) is 27.5. The summed E-state index contributed by atoms with van der Waals surface area (Å²) in [6.07, 6.45) is 1.16. The van der Waals surface area contributed by atoms with E-state index in [9.17, 15) is 9.59 Å². The molecule has 2 heterocycles. The maximum absolute atomic E-state index is 12.0. The van der Waals surface area contributed by atoms with Gasteiger partial charge in [0.05, 0.1) is 12.5 Å². The second-order valence-corrected chi connectivity index (χ2v) is 6.27. The predicted molar refractivity (Wildman–Crippen MR) is 77.2 cm³/mol. The number of thioether (sulfide) groups is 1. The summed E-state index contributed by atoms with van der Waals surface area (Å²) in [5, 5.41) is 3.24. The van der Waals surface area contributed by atoms with Crippen LogP contribution < -0.4 is 5.32 Å². The van der Waals surface area contributed by atoms with Crippen LogP contribution in [0, 0.1) is 0 Å². The zero-order valence-electron chi connectivity index (χ0n) is 11.6. The number of carbonyl (C=O) groups excluding carboxylic acids is 2. The standard InChI is InChI=1S/C13H23N3O2S/c1-2-4-16-12(17)10-11(13(16)18)14-3-5-15-6-8-19-9-7-15/h11,14H,2-10H2,1H3. The first-order valence-corrected chi connectivity index (χ1v) is 8.25. The monoisotopic (exact) mass is 285 g/mol. The van der Waals surface area contributed by atoms with Crippen LogP contribution in [0.5, 0.6) is 0 Å². The molecular weight excluding hydrogens is 262 g/mol. The van der Waals surface area contributed by atoms with Crippen molar-refractivity contribution in [3.8, 4) is 0 Å². The minimum atomic E-state index is -0.293. The van der Waals surface area contributed by atoms with Gasteiger partial charge in [0.2, 0.25) is 11.8 Å². The second kappa shape index (κ2) is 7.26. The molecule has 2 rings (SSSR count). The average Bonchev–Trinajstić information content (AvgIpc) is 2.68. The van der Waals surface area contributed by atoms with Crippen molar-refractivity contribution in [2.45, 2.75) is 25.8 Å². The van der Waals surface area contributed by atoms with Gasteiger partial charge in [-0.05, 0) is 6.42 Å². The number of nitrogens with zero attached hydrogens (tertiary/aromatic N) is 2. The van der Waals surface area contributed by atoms with Crippen molar-refractivity contribution >= 4 is 23.6 Å². The van der Waals surface area contributed by atoms with Gasteiger partial charge >= 0.3 is 0 Å². The molecule has 108 valence electrons. The Morgan fingerprint density at radius 2 is 2.00 bits per heavy atom. The summed E-state index contributed by atoms with van der Waals surface area (Å²) >= 11 is 2.00. The highest BCUT2D eigenvalue weighted by atomic mass is 32.2. The van der Waals surface area contributed by atoms with E-state index in [1.807, 2.05) is 18.7 Å². The number of likely N-dealkylation sites (tertiary alicyclic amines) is 1. The van der Waals surface area contributed by atoms with E-state index in [0.29, 0.717) is 13.0 Å². The van der Waals surface area contributed by atoms with Gasteiger partial charge < -0.3 is 10.2 Å². The number of rotatable bonds is 6. The largest absolute Gasteiger partial charge is 0.304 e. The van der Waals surface area contributed by atoms with Crippen LogP contribution in [0.15, 0.2) is 0 Å². The summed E-state index contributed by atoms with van der Waals surface area (Å²) in [6.45, 7) is 6.55. The Morgan fingerprint density at radius 1 is 1.26 bits per heavy atom. The molecule has 0 radical (unpaired) electrons. The smallest absolute Gasteiger partial charge is 0.246 e. The van der Waals surface area contributed by atoms with Crippen LogP contribution in [-0.2, 0) is 9.59 Å². The molecule has 0 saturated carbocycles. The fourth-order valence-electron chi connectivity index (χ4n) is 2.52. The topological polar surface area (TPSA) is 52.7 Å². The molecule has 0 aromatic rings. The molecule has 0 aromatic heterocycles. The number of hydrogen-bond donors (Lipinski definition) is 1. The molecule has 2 amide bonds. The summed E-state index contributed by atoms with van der Waals surface area (Å²) in [7, 11) is 0. The van der Waals surface area contributed by atoms with Crippen molar-refractivity contribution in [2.75, 3.05) is 44.2 Å². The average molecular weight is 285 g/mol. The Labute approximate surface area is 119 Å². The number of nitrogens with one attached hydrogen (secondary N) is 1. The predicted octanol–water partition coefficient (Wildman–Crippen LogP) is 0.162. The van der Waals surface area contributed by atoms with E-state index >= 15 is 0 Å². The van der Waals surface area contributed by atoms with Crippen LogP contribution in [-0.4, -0.2) is 71.9 Å². The van der Waals surface area contributed by atoms with Gasteiger partial charge in [0, 0.05) is 44.2 Å². The Morgan fingerprint density at radius 3 is 2.68 bits per heavy atom. The highest BCUT2D eigenvalue weighted by molar-refractivity contribution is 7.99. The Balaban J connectivity index is 1.71. The zero-order chi connectivity index (χ0) is 13.7. The molecule has 1 N–H and O–H groups in total. The fraction of sp³-hybridized carbons (Fsp3) is 0.846. The van der Waals surface area contributed by atoms with Crippen LogP contribution >= 0.6 is 11.8 Å². The van der Waals surface area contributed by atoms with Gasteiger partial charge in [0.15, 0.2) is 0 Å². The maximum Gasteiger partial charge on any atom is 0.246 e. The van der Waals surface area contributed by atoms with E-state index in [4.69, 9.17) is 0 Å². The van der Waals surface area contributed by atoms with Gasteiger partial charge in [-0.25, -0.2) is 0 Å². The first-order valence-electron chi connectivity index (χ1n) is 7.10. The molecule has 19 heavy (non-hydrogen) atoms. The van der Waals surface area contributed by atoms with Gasteiger partial charge in [0.25, 0.3) is 0 Å². The molecule has 1 unspecified atom stereocenters. The molecule has 5 nitrogen and oxygen atoms in total. The van der Waals surface area contributed by atoms with E-state index in [0.717, 1.165) is 32.6 Å². The van der Waals surface area contributed by atoms with Crippen LogP contribution in [0.1, 0.15) is 19.8 Å². The normalized spacial score (nSPS) is 25.3. The minimum absolute atomic E-state index is 0.0290. The molecule has 0 aliphatic carbocycles. The number of hydrogen-bond acceptors (Lipinski definition) is 5. The number of amides is 2. The molecule has 0 aromatic carbocycles.